The largest absolute Gasteiger partial charge is 0.463 e. The first-order valence-corrected chi connectivity index (χ1v) is 11.2. The summed E-state index contributed by atoms with van der Waals surface area (Å²) in [5, 5.41) is 31.3. The number of aliphatic hydroxyl groups is 3. The van der Waals surface area contributed by atoms with E-state index in [1.807, 2.05) is 0 Å². The lowest BCUT2D eigenvalue weighted by Crippen LogP contribution is -2.61. The number of Topliss-reactive ketones (excluding diaryl/α,β-unsaturated/α-hetero) is 1. The van der Waals surface area contributed by atoms with E-state index in [0.717, 1.165) is 19.9 Å². The minimum absolute atomic E-state index is 0.00103. The zero-order chi connectivity index (χ0) is 26.5. The highest BCUT2D eigenvalue weighted by molar-refractivity contribution is 6.09. The van der Waals surface area contributed by atoms with E-state index in [9.17, 15) is 34.5 Å². The van der Waals surface area contributed by atoms with Crippen LogP contribution in [0.25, 0.3) is 0 Å². The Hall–Kier alpha value is -3.32. The van der Waals surface area contributed by atoms with Gasteiger partial charge in [-0.1, -0.05) is 24.3 Å². The zero-order valence-electron chi connectivity index (χ0n) is 19.7. The van der Waals surface area contributed by atoms with Crippen LogP contribution in [0.1, 0.15) is 32.3 Å². The summed E-state index contributed by atoms with van der Waals surface area (Å²) < 4.78 is 26.6. The lowest BCUT2D eigenvalue weighted by molar-refractivity contribution is -0.282. The Balaban J connectivity index is 1.78. The highest BCUT2D eigenvalue weighted by atomic mass is 16.7. The monoisotopic (exact) mass is 508 g/mol. The fourth-order valence-electron chi connectivity index (χ4n) is 3.70. The molecule has 0 saturated carbocycles. The van der Waals surface area contributed by atoms with Crippen molar-refractivity contribution in [1.82, 2.24) is 0 Å². The van der Waals surface area contributed by atoms with Crippen LogP contribution in [0.4, 0.5) is 0 Å². The molecule has 1 aliphatic heterocycles. The minimum atomic E-state index is -2.37. The molecule has 1 saturated heterocycles. The van der Waals surface area contributed by atoms with Crippen molar-refractivity contribution < 1.29 is 58.2 Å². The number of ether oxygens (including phenoxy) is 5. The van der Waals surface area contributed by atoms with Gasteiger partial charge in [-0.3, -0.25) is 14.4 Å². The number of benzene rings is 1. The van der Waals surface area contributed by atoms with Gasteiger partial charge in [0.1, 0.15) is 37.3 Å². The average molecular weight is 508 g/mol. The number of hydrogen-bond donors (Lipinski definition) is 3. The highest BCUT2D eigenvalue weighted by Crippen LogP contribution is 2.29. The number of rotatable bonds is 8. The Kier molecular flexibility index (Phi) is 8.79. The maximum Gasteiger partial charge on any atom is 0.350 e. The number of esters is 3. The van der Waals surface area contributed by atoms with E-state index in [-0.39, 0.29) is 12.2 Å². The molecule has 196 valence electrons. The highest BCUT2D eigenvalue weighted by Gasteiger charge is 2.48. The van der Waals surface area contributed by atoms with Gasteiger partial charge in [-0.15, -0.1) is 0 Å². The molecule has 0 spiro atoms. The third-order valence-electron chi connectivity index (χ3n) is 5.61. The molecule has 0 radical (unpaired) electrons. The summed E-state index contributed by atoms with van der Waals surface area (Å²) in [6, 6.07) is 6.23. The Bertz CT molecular complexity index is 1020. The summed E-state index contributed by atoms with van der Waals surface area (Å²) in [6.45, 7) is 1.46. The van der Waals surface area contributed by atoms with Gasteiger partial charge < -0.3 is 39.0 Å². The first-order chi connectivity index (χ1) is 17.0. The fraction of sp³-hybridized carbons (Fsp3) is 0.500. The molecule has 2 aliphatic rings. The van der Waals surface area contributed by atoms with E-state index >= 15 is 0 Å². The topological polar surface area (TPSA) is 175 Å². The molecule has 6 atom stereocenters. The van der Waals surface area contributed by atoms with Crippen LogP contribution in [0.3, 0.4) is 0 Å². The van der Waals surface area contributed by atoms with Crippen LogP contribution in [0.5, 0.6) is 5.75 Å². The summed E-state index contributed by atoms with van der Waals surface area (Å²) >= 11 is 0. The van der Waals surface area contributed by atoms with Crippen molar-refractivity contribution >= 4 is 23.7 Å². The molecule has 12 nitrogen and oxygen atoms in total. The Labute approximate surface area is 206 Å². The first-order valence-electron chi connectivity index (χ1n) is 11.2. The molecule has 0 bridgehead atoms. The molecule has 3 rings (SSSR count). The summed E-state index contributed by atoms with van der Waals surface area (Å²) in [5.41, 5.74) is -2.07. The van der Waals surface area contributed by atoms with Crippen molar-refractivity contribution in [3.05, 3.63) is 42.0 Å². The molecule has 12 heteroatoms. The SMILES string of the molecule is CC(=O)OC[C@@H]1O[C@H](Oc2ccccc2COC(=O)C2(O)C=CCCC2=O)[C@@H](OC(C)=O)[C@H](O)[C@H]1O. The van der Waals surface area contributed by atoms with E-state index in [0.29, 0.717) is 12.0 Å². The standard InChI is InChI=1S/C24H28O12/c1-13(25)32-12-17-19(28)20(29)21(34-14(2)26)22(36-17)35-16-8-4-3-7-15(16)11-33-23(30)24(31)10-6-5-9-18(24)27/h3-4,6-8,10,17,19-22,28-29,31H,5,9,11-12H2,1-2H3/t17-,19-,20+,21-,22-,24?/m0/s1. The van der Waals surface area contributed by atoms with Gasteiger partial charge in [0, 0.05) is 25.8 Å². The van der Waals surface area contributed by atoms with Crippen LogP contribution in [-0.2, 0) is 44.7 Å². The molecule has 3 N–H and O–H groups in total. The average Bonchev–Trinajstić information content (AvgIpc) is 2.83. The van der Waals surface area contributed by atoms with Crippen molar-refractivity contribution in [2.24, 2.45) is 0 Å². The van der Waals surface area contributed by atoms with Crippen LogP contribution in [0.2, 0.25) is 0 Å². The van der Waals surface area contributed by atoms with Gasteiger partial charge in [-0.25, -0.2) is 4.79 Å². The van der Waals surface area contributed by atoms with Crippen LogP contribution in [0, 0.1) is 0 Å². The number of para-hydroxylation sites is 1. The second-order valence-electron chi connectivity index (χ2n) is 8.33. The van der Waals surface area contributed by atoms with Gasteiger partial charge in [0.25, 0.3) is 0 Å². The lowest BCUT2D eigenvalue weighted by Gasteiger charge is -2.41. The fourth-order valence-corrected chi connectivity index (χ4v) is 3.70. The summed E-state index contributed by atoms with van der Waals surface area (Å²) in [6.07, 6.45) is -4.28. The molecule has 1 unspecified atom stereocenters. The molecular formula is C24H28O12. The molecule has 36 heavy (non-hydrogen) atoms. The predicted molar refractivity (Wildman–Crippen MR) is 118 cm³/mol. The second kappa shape index (κ2) is 11.6. The molecule has 1 fully saturated rings. The predicted octanol–water partition coefficient (Wildman–Crippen LogP) is -0.300. The van der Waals surface area contributed by atoms with Crippen molar-refractivity contribution in [2.75, 3.05) is 6.61 Å². The van der Waals surface area contributed by atoms with E-state index in [4.69, 9.17) is 23.7 Å². The number of aliphatic hydroxyl groups excluding tert-OH is 2. The number of hydrogen-bond acceptors (Lipinski definition) is 12. The Morgan fingerprint density at radius 3 is 2.47 bits per heavy atom. The van der Waals surface area contributed by atoms with Gasteiger partial charge in [-0.2, -0.15) is 0 Å². The van der Waals surface area contributed by atoms with Gasteiger partial charge >= 0.3 is 17.9 Å². The Morgan fingerprint density at radius 2 is 1.81 bits per heavy atom. The van der Waals surface area contributed by atoms with Gasteiger partial charge in [-0.05, 0) is 18.6 Å². The third-order valence-corrected chi connectivity index (χ3v) is 5.61. The maximum atomic E-state index is 12.5. The normalized spacial score (nSPS) is 29.8. The van der Waals surface area contributed by atoms with Gasteiger partial charge in [0.2, 0.25) is 11.9 Å². The number of carbonyl (C=O) groups is 4. The van der Waals surface area contributed by atoms with E-state index in [1.54, 1.807) is 12.1 Å². The minimum Gasteiger partial charge on any atom is -0.463 e. The molecule has 1 aromatic carbocycles. The van der Waals surface area contributed by atoms with Crippen molar-refractivity contribution in [3.8, 4) is 5.75 Å². The van der Waals surface area contributed by atoms with Crippen molar-refractivity contribution in [2.45, 2.75) is 69.6 Å². The molecule has 1 aromatic rings. The Morgan fingerprint density at radius 1 is 1.08 bits per heavy atom. The van der Waals surface area contributed by atoms with Crippen LogP contribution >= 0.6 is 0 Å². The maximum absolute atomic E-state index is 12.5. The molecule has 1 aliphatic carbocycles. The first kappa shape index (κ1) is 27.3. The molecular weight excluding hydrogens is 480 g/mol. The van der Waals surface area contributed by atoms with Gasteiger partial charge in [0.15, 0.2) is 11.9 Å². The van der Waals surface area contributed by atoms with E-state index in [2.05, 4.69) is 0 Å². The number of ketones is 1. The van der Waals surface area contributed by atoms with Gasteiger partial charge in [0.05, 0.1) is 0 Å². The lowest BCUT2D eigenvalue weighted by atomic mass is 9.90. The van der Waals surface area contributed by atoms with Crippen LogP contribution in [0.15, 0.2) is 36.4 Å². The third kappa shape index (κ3) is 6.26. The van der Waals surface area contributed by atoms with E-state index in [1.165, 1.54) is 18.2 Å². The quantitative estimate of drug-likeness (QED) is 0.181. The molecule has 0 aromatic heterocycles. The number of carbonyl (C=O) groups excluding carboxylic acids is 4. The van der Waals surface area contributed by atoms with Crippen molar-refractivity contribution in [1.29, 1.82) is 0 Å². The molecule has 0 amide bonds. The van der Waals surface area contributed by atoms with Crippen molar-refractivity contribution in [3.63, 3.8) is 0 Å². The van der Waals surface area contributed by atoms with Crippen LogP contribution < -0.4 is 4.74 Å². The summed E-state index contributed by atoms with van der Waals surface area (Å²) in [7, 11) is 0. The second-order valence-corrected chi connectivity index (χ2v) is 8.33. The summed E-state index contributed by atoms with van der Waals surface area (Å²) in [5.74, 6) is -3.14. The van der Waals surface area contributed by atoms with Crippen LogP contribution in [-0.4, -0.2) is 81.9 Å². The molecule has 1 heterocycles. The number of allylic oxidation sites excluding steroid dienone is 1. The smallest absolute Gasteiger partial charge is 0.350 e. The zero-order valence-corrected chi connectivity index (χ0v) is 19.7. The summed E-state index contributed by atoms with van der Waals surface area (Å²) in [4.78, 5) is 47.3. The van der Waals surface area contributed by atoms with E-state index < -0.39 is 73.2 Å².